The van der Waals surface area contributed by atoms with E-state index < -0.39 is 12.1 Å². The quantitative estimate of drug-likeness (QED) is 0.639. The lowest BCUT2D eigenvalue weighted by Gasteiger charge is -2.02. The third kappa shape index (κ3) is 1.95. The van der Waals surface area contributed by atoms with Crippen LogP contribution in [0.5, 0.6) is 5.75 Å². The van der Waals surface area contributed by atoms with Gasteiger partial charge in [0.15, 0.2) is 5.75 Å². The Balaban J connectivity index is 3.21. The van der Waals surface area contributed by atoms with Crippen LogP contribution >= 0.6 is 34.2 Å². The lowest BCUT2D eigenvalue weighted by Crippen LogP contribution is -1.93. The maximum absolute atomic E-state index is 12.1. The topological polar surface area (TPSA) is 33.1 Å². The predicted octanol–water partition coefficient (Wildman–Crippen LogP) is 2.98. The zero-order chi connectivity index (χ0) is 9.30. The Morgan fingerprint density at radius 1 is 1.58 bits per heavy atom. The minimum absolute atomic E-state index is 0.0791. The summed E-state index contributed by atoms with van der Waals surface area (Å²) < 4.78 is 24.2. The number of alkyl halides is 2. The predicted molar refractivity (Wildman–Crippen MR) is 48.6 cm³/mol. The molecule has 1 heterocycles. The minimum atomic E-state index is -2.67. The molecule has 1 aromatic rings. The molecule has 0 atom stereocenters. The van der Waals surface area contributed by atoms with E-state index in [0.717, 1.165) is 6.07 Å². The van der Waals surface area contributed by atoms with Crippen molar-refractivity contribution < 1.29 is 13.9 Å². The second kappa shape index (κ2) is 3.69. The van der Waals surface area contributed by atoms with Crippen molar-refractivity contribution in [2.75, 3.05) is 0 Å². The lowest BCUT2D eigenvalue weighted by atomic mass is 10.3. The Morgan fingerprint density at radius 2 is 2.17 bits per heavy atom. The first-order valence-electron chi connectivity index (χ1n) is 2.85. The third-order valence-electron chi connectivity index (χ3n) is 1.15. The number of aromatic hydroxyl groups is 1. The highest BCUT2D eigenvalue weighted by atomic mass is 127. The molecule has 0 radical (unpaired) electrons. The SMILES string of the molecule is Oc1c(Cl)cc(C(F)F)nc1I. The van der Waals surface area contributed by atoms with Crippen LogP contribution in [0.3, 0.4) is 0 Å². The maximum atomic E-state index is 12.1. The van der Waals surface area contributed by atoms with E-state index >= 15 is 0 Å². The Hall–Kier alpha value is -0.170. The molecule has 0 aliphatic heterocycles. The maximum Gasteiger partial charge on any atom is 0.280 e. The molecule has 12 heavy (non-hydrogen) atoms. The second-order valence-corrected chi connectivity index (χ2v) is 3.40. The fourth-order valence-corrected chi connectivity index (χ4v) is 1.54. The van der Waals surface area contributed by atoms with Crippen LogP contribution < -0.4 is 0 Å². The third-order valence-corrected chi connectivity index (χ3v) is 2.19. The summed E-state index contributed by atoms with van der Waals surface area (Å²) in [5.41, 5.74) is -0.429. The minimum Gasteiger partial charge on any atom is -0.504 e. The zero-order valence-corrected chi connectivity index (χ0v) is 8.47. The molecule has 1 rings (SSSR count). The van der Waals surface area contributed by atoms with Gasteiger partial charge in [-0.2, -0.15) is 0 Å². The van der Waals surface area contributed by atoms with E-state index in [-0.39, 0.29) is 14.5 Å². The van der Waals surface area contributed by atoms with Crippen molar-refractivity contribution in [3.8, 4) is 5.75 Å². The second-order valence-electron chi connectivity index (χ2n) is 1.97. The van der Waals surface area contributed by atoms with Gasteiger partial charge in [-0.3, -0.25) is 0 Å². The van der Waals surface area contributed by atoms with Gasteiger partial charge in [-0.15, -0.1) is 0 Å². The van der Waals surface area contributed by atoms with Gasteiger partial charge < -0.3 is 5.11 Å². The highest BCUT2D eigenvalue weighted by Gasteiger charge is 2.14. The molecule has 0 unspecified atom stereocenters. The van der Waals surface area contributed by atoms with Gasteiger partial charge >= 0.3 is 0 Å². The van der Waals surface area contributed by atoms with Crippen LogP contribution in [-0.2, 0) is 0 Å². The molecule has 0 saturated carbocycles. The van der Waals surface area contributed by atoms with Crippen molar-refractivity contribution >= 4 is 34.2 Å². The van der Waals surface area contributed by atoms with Crippen molar-refractivity contribution in [1.29, 1.82) is 0 Å². The first-order valence-corrected chi connectivity index (χ1v) is 4.31. The molecule has 2 nitrogen and oxygen atoms in total. The van der Waals surface area contributed by atoms with Gasteiger partial charge in [-0.1, -0.05) is 11.6 Å². The van der Waals surface area contributed by atoms with Crippen LogP contribution in [0.4, 0.5) is 8.78 Å². The molecule has 66 valence electrons. The monoisotopic (exact) mass is 305 g/mol. The van der Waals surface area contributed by atoms with E-state index in [1.165, 1.54) is 0 Å². The fraction of sp³-hybridized carbons (Fsp3) is 0.167. The van der Waals surface area contributed by atoms with Crippen LogP contribution in [0, 0.1) is 3.70 Å². The molecule has 0 bridgehead atoms. The zero-order valence-electron chi connectivity index (χ0n) is 5.56. The standard InChI is InChI=1S/C6H3ClF2INO/c7-2-1-3(5(8)9)11-6(10)4(2)12/h1,5,12H. The van der Waals surface area contributed by atoms with E-state index in [9.17, 15) is 8.78 Å². The molecule has 0 aliphatic rings. The summed E-state index contributed by atoms with van der Waals surface area (Å²) in [5.74, 6) is -0.262. The normalized spacial score (nSPS) is 10.8. The lowest BCUT2D eigenvalue weighted by molar-refractivity contribution is 0.145. The highest BCUT2D eigenvalue weighted by molar-refractivity contribution is 14.1. The van der Waals surface area contributed by atoms with Gasteiger partial charge in [0.25, 0.3) is 6.43 Å². The molecule has 0 aliphatic carbocycles. The first-order chi connectivity index (χ1) is 5.52. The van der Waals surface area contributed by atoms with Crippen molar-refractivity contribution in [3.05, 3.63) is 20.5 Å². The average Bonchev–Trinajstić information content (AvgIpc) is 1.99. The highest BCUT2D eigenvalue weighted by Crippen LogP contribution is 2.30. The van der Waals surface area contributed by atoms with Crippen molar-refractivity contribution in [2.24, 2.45) is 0 Å². The molecule has 0 saturated heterocycles. The Morgan fingerprint density at radius 3 is 2.58 bits per heavy atom. The molecule has 1 N–H and O–H groups in total. The number of halogens is 4. The Kier molecular flexibility index (Phi) is 3.05. The molecule has 0 fully saturated rings. The molecule has 0 spiro atoms. The number of pyridine rings is 1. The van der Waals surface area contributed by atoms with Crippen LogP contribution in [0.1, 0.15) is 12.1 Å². The summed E-state index contributed by atoms with van der Waals surface area (Å²) in [6.07, 6.45) is -2.67. The molecule has 0 amide bonds. The molecule has 0 aromatic carbocycles. The fourth-order valence-electron chi connectivity index (χ4n) is 0.607. The Bertz CT molecular complexity index is 285. The van der Waals surface area contributed by atoms with E-state index in [2.05, 4.69) is 4.98 Å². The number of rotatable bonds is 1. The van der Waals surface area contributed by atoms with Crippen LogP contribution in [0.25, 0.3) is 0 Å². The van der Waals surface area contributed by atoms with Crippen LogP contribution in [-0.4, -0.2) is 10.1 Å². The number of hydrogen-bond acceptors (Lipinski definition) is 2. The van der Waals surface area contributed by atoms with Gasteiger partial charge in [-0.25, -0.2) is 13.8 Å². The molecular weight excluding hydrogens is 302 g/mol. The summed E-state index contributed by atoms with van der Waals surface area (Å²) >= 11 is 7.07. The largest absolute Gasteiger partial charge is 0.504 e. The smallest absolute Gasteiger partial charge is 0.280 e. The van der Waals surface area contributed by atoms with Crippen molar-refractivity contribution in [3.63, 3.8) is 0 Å². The summed E-state index contributed by atoms with van der Waals surface area (Å²) in [5, 5.41) is 8.96. The van der Waals surface area contributed by atoms with Gasteiger partial charge in [0.2, 0.25) is 0 Å². The van der Waals surface area contributed by atoms with Gasteiger partial charge in [0.05, 0.1) is 5.02 Å². The summed E-state index contributed by atoms with van der Waals surface area (Å²) in [6.45, 7) is 0. The van der Waals surface area contributed by atoms with Gasteiger partial charge in [0, 0.05) is 0 Å². The van der Waals surface area contributed by atoms with Gasteiger partial charge in [-0.05, 0) is 28.7 Å². The number of aromatic nitrogens is 1. The Labute approximate surface area is 85.7 Å². The van der Waals surface area contributed by atoms with Crippen LogP contribution in [0.2, 0.25) is 5.02 Å². The van der Waals surface area contributed by atoms with E-state index in [1.54, 1.807) is 22.6 Å². The first kappa shape index (κ1) is 9.91. The van der Waals surface area contributed by atoms with E-state index in [4.69, 9.17) is 16.7 Å². The van der Waals surface area contributed by atoms with E-state index in [0.29, 0.717) is 0 Å². The molecule has 6 heteroatoms. The summed E-state index contributed by atoms with van der Waals surface area (Å²) in [7, 11) is 0. The number of nitrogens with zero attached hydrogens (tertiary/aromatic N) is 1. The van der Waals surface area contributed by atoms with E-state index in [1.807, 2.05) is 0 Å². The summed E-state index contributed by atoms with van der Waals surface area (Å²) in [6, 6.07) is 0.948. The molecular formula is C6H3ClF2INO. The molecule has 1 aromatic heterocycles. The van der Waals surface area contributed by atoms with Crippen molar-refractivity contribution in [1.82, 2.24) is 4.98 Å². The summed E-state index contributed by atoms with van der Waals surface area (Å²) in [4.78, 5) is 3.44. The van der Waals surface area contributed by atoms with Crippen molar-refractivity contribution in [2.45, 2.75) is 6.43 Å². The number of hydrogen-bond donors (Lipinski definition) is 1. The van der Waals surface area contributed by atoms with Gasteiger partial charge in [0.1, 0.15) is 9.39 Å². The average molecular weight is 305 g/mol. The van der Waals surface area contributed by atoms with Crippen LogP contribution in [0.15, 0.2) is 6.07 Å².